The summed E-state index contributed by atoms with van der Waals surface area (Å²) in [5, 5.41) is 14.3. The maximum atomic E-state index is 13.9. The van der Waals surface area contributed by atoms with Crippen LogP contribution in [0.3, 0.4) is 0 Å². The molecule has 0 aliphatic heterocycles. The number of halogens is 2. The van der Waals surface area contributed by atoms with E-state index in [2.05, 4.69) is 25.3 Å². The van der Waals surface area contributed by atoms with Gasteiger partial charge in [-0.15, -0.1) is 0 Å². The third kappa shape index (κ3) is 4.65. The Bertz CT molecular complexity index is 1500. The molecule has 2 aromatic heterocycles. The number of fused-ring (bicyclic) bond motifs is 1. The number of allylic oxidation sites excluding steroid dienone is 1. The molecule has 0 atom stereocenters. The Morgan fingerprint density at radius 3 is 2.51 bits per heavy atom. The highest BCUT2D eigenvalue weighted by atomic mass is 19.1. The minimum atomic E-state index is -0.882. The number of aliphatic hydroxyl groups is 1. The highest BCUT2D eigenvalue weighted by molar-refractivity contribution is 6.33. The normalized spacial score (nSPS) is 11.9. The predicted octanol–water partition coefficient (Wildman–Crippen LogP) is 5.49. The molecule has 0 bridgehead atoms. The lowest BCUT2D eigenvalue weighted by Crippen LogP contribution is -2.09. The van der Waals surface area contributed by atoms with Gasteiger partial charge in [0.1, 0.15) is 28.8 Å². The molecule has 0 fully saturated rings. The van der Waals surface area contributed by atoms with Crippen molar-refractivity contribution in [2.75, 3.05) is 5.32 Å². The van der Waals surface area contributed by atoms with Gasteiger partial charge >= 0.3 is 0 Å². The first-order valence-electron chi connectivity index (χ1n) is 10.7. The summed E-state index contributed by atoms with van der Waals surface area (Å²) in [6, 6.07) is 16.4. The molecule has 5 aromatic rings. The number of hydrogen-bond donors (Lipinski definition) is 4. The van der Waals surface area contributed by atoms with Gasteiger partial charge in [-0.05, 0) is 36.4 Å². The number of hydrogen-bond acceptors (Lipinski definition) is 5. The Morgan fingerprint density at radius 1 is 0.971 bits per heavy atom. The van der Waals surface area contributed by atoms with Gasteiger partial charge in [-0.2, -0.15) is 0 Å². The lowest BCUT2D eigenvalue weighted by atomic mass is 9.98. The van der Waals surface area contributed by atoms with Crippen molar-refractivity contribution in [3.05, 3.63) is 114 Å². The number of carbonyl (C=O) groups is 1. The molecule has 0 radical (unpaired) electrons. The fourth-order valence-corrected chi connectivity index (χ4v) is 3.73. The Hall–Kier alpha value is -4.79. The van der Waals surface area contributed by atoms with Crippen LogP contribution in [0.4, 0.5) is 14.5 Å². The first kappa shape index (κ1) is 22.0. The van der Waals surface area contributed by atoms with Crippen LogP contribution in [0, 0.1) is 11.6 Å². The number of anilines is 1. The van der Waals surface area contributed by atoms with Gasteiger partial charge < -0.3 is 20.4 Å². The van der Waals surface area contributed by atoms with Crippen LogP contribution in [0.5, 0.6) is 0 Å². The molecule has 0 saturated carbocycles. The first-order chi connectivity index (χ1) is 17.0. The van der Waals surface area contributed by atoms with Crippen molar-refractivity contribution in [1.82, 2.24) is 19.9 Å². The van der Waals surface area contributed by atoms with E-state index in [0.717, 1.165) is 17.8 Å². The van der Waals surface area contributed by atoms with Crippen molar-refractivity contribution in [2.24, 2.45) is 0 Å². The van der Waals surface area contributed by atoms with Gasteiger partial charge in [0.15, 0.2) is 0 Å². The smallest absolute Gasteiger partial charge is 0.200 e. The second kappa shape index (κ2) is 9.22. The summed E-state index contributed by atoms with van der Waals surface area (Å²) in [5.41, 5.74) is 2.58. The number of aromatic nitrogens is 4. The van der Waals surface area contributed by atoms with E-state index in [0.29, 0.717) is 29.3 Å². The van der Waals surface area contributed by atoms with Crippen LogP contribution in [0.2, 0.25) is 0 Å². The summed E-state index contributed by atoms with van der Waals surface area (Å²) in [5.74, 6) is -2.85. The second-order valence-corrected chi connectivity index (χ2v) is 7.82. The number of carbonyl (C=O) groups excluding carboxylic acids is 1. The monoisotopic (exact) mass is 471 g/mol. The molecular weight excluding hydrogens is 452 g/mol. The van der Waals surface area contributed by atoms with E-state index in [9.17, 15) is 18.7 Å². The van der Waals surface area contributed by atoms with E-state index in [1.165, 1.54) is 0 Å². The van der Waals surface area contributed by atoms with Crippen LogP contribution in [0.15, 0.2) is 79.3 Å². The SMILES string of the molecule is O=C(/C(=C(/O)c1cc(F)cc(F)c1)c1nc2ccccc2[nH]1)c1cccc(NCc2cnc[nH]2)c1. The lowest BCUT2D eigenvalue weighted by Gasteiger charge is -2.11. The van der Waals surface area contributed by atoms with Gasteiger partial charge in [0, 0.05) is 29.1 Å². The third-order valence-electron chi connectivity index (χ3n) is 5.39. The number of ketones is 1. The molecule has 0 aliphatic rings. The van der Waals surface area contributed by atoms with Crippen molar-refractivity contribution < 1.29 is 18.7 Å². The van der Waals surface area contributed by atoms with Crippen molar-refractivity contribution >= 4 is 33.8 Å². The minimum absolute atomic E-state index is 0.0780. The highest BCUT2D eigenvalue weighted by Gasteiger charge is 2.24. The molecule has 3 aromatic carbocycles. The predicted molar refractivity (Wildman–Crippen MR) is 129 cm³/mol. The van der Waals surface area contributed by atoms with Gasteiger partial charge in [-0.25, -0.2) is 18.7 Å². The van der Waals surface area contributed by atoms with Crippen LogP contribution >= 0.6 is 0 Å². The number of nitrogens with zero attached hydrogens (tertiary/aromatic N) is 2. The summed E-state index contributed by atoms with van der Waals surface area (Å²) in [6.07, 6.45) is 3.25. The average molecular weight is 471 g/mol. The Morgan fingerprint density at radius 2 is 1.77 bits per heavy atom. The topological polar surface area (TPSA) is 107 Å². The van der Waals surface area contributed by atoms with Gasteiger partial charge in [0.25, 0.3) is 0 Å². The zero-order valence-corrected chi connectivity index (χ0v) is 18.2. The number of nitrogens with one attached hydrogen (secondary N) is 3. The van der Waals surface area contributed by atoms with Gasteiger partial charge in [0.2, 0.25) is 5.78 Å². The van der Waals surface area contributed by atoms with Crippen LogP contribution in [-0.2, 0) is 6.54 Å². The molecule has 7 nitrogen and oxygen atoms in total. The fraction of sp³-hybridized carbons (Fsp3) is 0.0385. The summed E-state index contributed by atoms with van der Waals surface area (Å²) in [7, 11) is 0. The van der Waals surface area contributed by atoms with Gasteiger partial charge in [0.05, 0.1) is 29.6 Å². The van der Waals surface area contributed by atoms with E-state index >= 15 is 0 Å². The summed E-state index contributed by atoms with van der Waals surface area (Å²) >= 11 is 0. The molecule has 9 heteroatoms. The largest absolute Gasteiger partial charge is 0.506 e. The molecule has 0 spiro atoms. The second-order valence-electron chi connectivity index (χ2n) is 7.82. The summed E-state index contributed by atoms with van der Waals surface area (Å²) in [4.78, 5) is 28.1. The molecule has 0 saturated heterocycles. The van der Waals surface area contributed by atoms with Crippen molar-refractivity contribution in [3.63, 3.8) is 0 Å². The Balaban J connectivity index is 1.59. The van der Waals surface area contributed by atoms with E-state index in [-0.39, 0.29) is 22.5 Å². The molecule has 35 heavy (non-hydrogen) atoms. The van der Waals surface area contributed by atoms with Crippen LogP contribution < -0.4 is 5.32 Å². The quantitative estimate of drug-likeness (QED) is 0.143. The Labute approximate surface area is 198 Å². The van der Waals surface area contributed by atoms with E-state index in [1.54, 1.807) is 61.1 Å². The lowest BCUT2D eigenvalue weighted by molar-refractivity contribution is 0.105. The van der Waals surface area contributed by atoms with E-state index in [4.69, 9.17) is 0 Å². The van der Waals surface area contributed by atoms with Crippen LogP contribution in [0.25, 0.3) is 22.4 Å². The number of H-pyrrole nitrogens is 2. The maximum absolute atomic E-state index is 13.9. The molecule has 0 aliphatic carbocycles. The number of aromatic amines is 2. The first-order valence-corrected chi connectivity index (χ1v) is 10.7. The Kier molecular flexibility index (Phi) is 5.80. The van der Waals surface area contributed by atoms with Crippen molar-refractivity contribution in [2.45, 2.75) is 6.54 Å². The fourth-order valence-electron chi connectivity index (χ4n) is 3.73. The average Bonchev–Trinajstić information content (AvgIpc) is 3.52. The van der Waals surface area contributed by atoms with Crippen molar-refractivity contribution in [1.29, 1.82) is 0 Å². The van der Waals surface area contributed by atoms with Crippen LogP contribution in [-0.4, -0.2) is 30.8 Å². The molecule has 2 heterocycles. The molecular formula is C26H19F2N5O2. The van der Waals surface area contributed by atoms with Gasteiger partial charge in [-0.1, -0.05) is 24.3 Å². The highest BCUT2D eigenvalue weighted by Crippen LogP contribution is 2.29. The summed E-state index contributed by atoms with van der Waals surface area (Å²) in [6.45, 7) is 0.456. The molecule has 0 amide bonds. The standard InChI is InChI=1S/C26H19F2N5O2/c27-17-8-16(9-18(28)11-17)25(35)23(26-32-21-6-1-2-7-22(21)33-26)24(34)15-4-3-5-19(10-15)30-13-20-12-29-14-31-20/h1-12,14,30,35H,13H2,(H,29,31)(H,32,33)/b25-23-. The molecule has 5 rings (SSSR count). The zero-order chi connectivity index (χ0) is 24.4. The van der Waals surface area contributed by atoms with Crippen LogP contribution in [0.1, 0.15) is 27.4 Å². The number of imidazole rings is 2. The van der Waals surface area contributed by atoms with E-state index in [1.807, 2.05) is 0 Å². The molecule has 0 unspecified atom stereocenters. The van der Waals surface area contributed by atoms with E-state index < -0.39 is 23.2 Å². The minimum Gasteiger partial charge on any atom is -0.506 e. The molecule has 174 valence electrons. The number of rotatable bonds is 7. The molecule has 4 N–H and O–H groups in total. The summed E-state index contributed by atoms with van der Waals surface area (Å²) < 4.78 is 27.8. The van der Waals surface area contributed by atoms with Crippen molar-refractivity contribution in [3.8, 4) is 0 Å². The third-order valence-corrected chi connectivity index (χ3v) is 5.39. The zero-order valence-electron chi connectivity index (χ0n) is 18.2. The van der Waals surface area contributed by atoms with Gasteiger partial charge in [-0.3, -0.25) is 4.79 Å². The number of Topliss-reactive ketones (excluding diaryl/α,β-unsaturated/α-hetero) is 1. The number of para-hydroxylation sites is 2. The maximum Gasteiger partial charge on any atom is 0.200 e. The number of aliphatic hydroxyl groups excluding tert-OH is 1. The number of benzene rings is 3.